The molecule has 0 aliphatic carbocycles. The molecule has 4 rings (SSSR count). The lowest BCUT2D eigenvalue weighted by atomic mass is 10.0. The molecule has 152 valence electrons. The van der Waals surface area contributed by atoms with Gasteiger partial charge in [0, 0.05) is 6.07 Å². The van der Waals surface area contributed by atoms with E-state index in [4.69, 9.17) is 13.9 Å². The van der Waals surface area contributed by atoms with Crippen LogP contribution in [0.1, 0.15) is 36.5 Å². The molecule has 0 aliphatic rings. The summed E-state index contributed by atoms with van der Waals surface area (Å²) >= 11 is 0. The highest BCUT2D eigenvalue weighted by atomic mass is 16.5. The second-order valence-electron chi connectivity index (χ2n) is 7.66. The Labute approximate surface area is 175 Å². The highest BCUT2D eigenvalue weighted by molar-refractivity contribution is 5.79. The number of hydrogen-bond donors (Lipinski definition) is 0. The summed E-state index contributed by atoms with van der Waals surface area (Å²) in [6.45, 7) is 6.67. The summed E-state index contributed by atoms with van der Waals surface area (Å²) in [5.41, 5.74) is 3.57. The van der Waals surface area contributed by atoms with Gasteiger partial charge in [0.25, 0.3) is 0 Å². The van der Waals surface area contributed by atoms with E-state index in [0.717, 1.165) is 11.1 Å². The first-order valence-corrected chi connectivity index (χ1v) is 10.0. The van der Waals surface area contributed by atoms with Gasteiger partial charge in [0.2, 0.25) is 11.2 Å². The molecule has 1 aromatic heterocycles. The van der Waals surface area contributed by atoms with Crippen LogP contribution in [0.15, 0.2) is 82.2 Å². The maximum absolute atomic E-state index is 12.9. The fourth-order valence-electron chi connectivity index (χ4n) is 3.39. The molecule has 4 heteroatoms. The summed E-state index contributed by atoms with van der Waals surface area (Å²) in [7, 11) is 0. The summed E-state index contributed by atoms with van der Waals surface area (Å²) < 4.78 is 17.5. The Balaban J connectivity index is 1.58. The van der Waals surface area contributed by atoms with Gasteiger partial charge in [-0.25, -0.2) is 0 Å². The van der Waals surface area contributed by atoms with E-state index in [1.54, 1.807) is 18.2 Å². The van der Waals surface area contributed by atoms with E-state index in [-0.39, 0.29) is 17.1 Å². The van der Waals surface area contributed by atoms with Gasteiger partial charge >= 0.3 is 0 Å². The average Bonchev–Trinajstić information content (AvgIpc) is 2.74. The van der Waals surface area contributed by atoms with Crippen LogP contribution in [0.3, 0.4) is 0 Å². The van der Waals surface area contributed by atoms with Crippen LogP contribution in [0, 0.1) is 6.92 Å². The molecular formula is C26H24O4. The molecule has 4 aromatic rings. The van der Waals surface area contributed by atoms with Crippen LogP contribution in [0.25, 0.3) is 11.0 Å². The molecule has 0 bridgehead atoms. The fraction of sp³-hybridized carbons (Fsp3) is 0.192. The number of para-hydroxylation sites is 1. The molecule has 4 nitrogen and oxygen atoms in total. The molecule has 0 aliphatic heterocycles. The van der Waals surface area contributed by atoms with Crippen molar-refractivity contribution in [1.82, 2.24) is 0 Å². The predicted molar refractivity (Wildman–Crippen MR) is 119 cm³/mol. The predicted octanol–water partition coefficient (Wildman–Crippen LogP) is 6.60. The van der Waals surface area contributed by atoms with Crippen LogP contribution in [0.4, 0.5) is 0 Å². The molecule has 0 atom stereocenters. The van der Waals surface area contributed by atoms with Crippen molar-refractivity contribution in [1.29, 1.82) is 0 Å². The van der Waals surface area contributed by atoms with Crippen LogP contribution in [0.5, 0.6) is 17.2 Å². The lowest BCUT2D eigenvalue weighted by Crippen LogP contribution is -2.06. The van der Waals surface area contributed by atoms with Crippen molar-refractivity contribution in [2.45, 2.75) is 33.3 Å². The molecule has 0 unspecified atom stereocenters. The summed E-state index contributed by atoms with van der Waals surface area (Å²) in [6, 6.07) is 21.1. The number of rotatable bonds is 6. The fourth-order valence-corrected chi connectivity index (χ4v) is 3.39. The lowest BCUT2D eigenvalue weighted by molar-refractivity contribution is 0.306. The molecule has 0 fully saturated rings. The maximum Gasteiger partial charge on any atom is 0.235 e. The van der Waals surface area contributed by atoms with Gasteiger partial charge in [-0.1, -0.05) is 61.9 Å². The molecule has 0 saturated heterocycles. The van der Waals surface area contributed by atoms with Gasteiger partial charge in [-0.3, -0.25) is 4.79 Å². The van der Waals surface area contributed by atoms with Crippen LogP contribution in [-0.2, 0) is 6.61 Å². The van der Waals surface area contributed by atoms with Crippen molar-refractivity contribution in [3.63, 3.8) is 0 Å². The maximum atomic E-state index is 12.9. The monoisotopic (exact) mass is 400 g/mol. The molecule has 0 saturated carbocycles. The smallest absolute Gasteiger partial charge is 0.235 e. The Kier molecular flexibility index (Phi) is 5.57. The minimum Gasteiger partial charge on any atom is -0.489 e. The van der Waals surface area contributed by atoms with Gasteiger partial charge in [-0.2, -0.15) is 0 Å². The van der Waals surface area contributed by atoms with Gasteiger partial charge < -0.3 is 13.9 Å². The number of hydrogen-bond acceptors (Lipinski definition) is 4. The minimum absolute atomic E-state index is 0.170. The minimum atomic E-state index is -0.208. The van der Waals surface area contributed by atoms with E-state index in [0.29, 0.717) is 29.1 Å². The van der Waals surface area contributed by atoms with Crippen molar-refractivity contribution in [2.75, 3.05) is 0 Å². The van der Waals surface area contributed by atoms with E-state index in [9.17, 15) is 4.79 Å². The second kappa shape index (κ2) is 8.46. The Morgan fingerprint density at radius 3 is 2.57 bits per heavy atom. The SMILES string of the molecule is Cc1cccc(COc2ccc3c(=O)c(Oc4ccccc4C(C)C)coc3c2)c1. The Bertz CT molecular complexity index is 1240. The first-order valence-electron chi connectivity index (χ1n) is 10.0. The normalized spacial score (nSPS) is 11.1. The van der Waals surface area contributed by atoms with Crippen molar-refractivity contribution in [3.05, 3.63) is 99.9 Å². The molecule has 0 spiro atoms. The Morgan fingerprint density at radius 1 is 0.933 bits per heavy atom. The molecule has 3 aromatic carbocycles. The molecule has 30 heavy (non-hydrogen) atoms. The first-order chi connectivity index (χ1) is 14.5. The van der Waals surface area contributed by atoms with E-state index in [1.807, 2.05) is 49.4 Å². The zero-order valence-corrected chi connectivity index (χ0v) is 17.3. The zero-order chi connectivity index (χ0) is 21.1. The van der Waals surface area contributed by atoms with Crippen LogP contribution >= 0.6 is 0 Å². The highest BCUT2D eigenvalue weighted by Gasteiger charge is 2.13. The molecule has 0 N–H and O–H groups in total. The number of ether oxygens (including phenoxy) is 2. The van der Waals surface area contributed by atoms with Gasteiger partial charge in [0.05, 0.1) is 5.39 Å². The molecule has 0 amide bonds. The quantitative estimate of drug-likeness (QED) is 0.366. The molecule has 1 heterocycles. The van der Waals surface area contributed by atoms with Crippen LogP contribution < -0.4 is 14.9 Å². The van der Waals surface area contributed by atoms with E-state index in [2.05, 4.69) is 19.9 Å². The Hall–Kier alpha value is -3.53. The second-order valence-corrected chi connectivity index (χ2v) is 7.66. The van der Waals surface area contributed by atoms with Gasteiger partial charge in [-0.15, -0.1) is 0 Å². The summed E-state index contributed by atoms with van der Waals surface area (Å²) in [6.07, 6.45) is 1.37. The van der Waals surface area contributed by atoms with E-state index < -0.39 is 0 Å². The third-order valence-electron chi connectivity index (χ3n) is 4.96. The topological polar surface area (TPSA) is 48.7 Å². The van der Waals surface area contributed by atoms with Crippen LogP contribution in [0.2, 0.25) is 0 Å². The Morgan fingerprint density at radius 2 is 1.77 bits per heavy atom. The summed E-state index contributed by atoms with van der Waals surface area (Å²) in [5.74, 6) is 1.76. The van der Waals surface area contributed by atoms with Gasteiger partial charge in [0.15, 0.2) is 0 Å². The van der Waals surface area contributed by atoms with Crippen molar-refractivity contribution in [3.8, 4) is 17.2 Å². The number of benzene rings is 3. The van der Waals surface area contributed by atoms with Crippen molar-refractivity contribution >= 4 is 11.0 Å². The third kappa shape index (κ3) is 4.23. The standard InChI is InChI=1S/C26H24O4/c1-17(2)21-9-4-5-10-23(21)30-25-16-29-24-14-20(11-12-22(24)26(25)27)28-15-19-8-6-7-18(3)13-19/h4-14,16-17H,15H2,1-3H3. The summed E-state index contributed by atoms with van der Waals surface area (Å²) in [5, 5.41) is 0.456. The number of fused-ring (bicyclic) bond motifs is 1. The number of aryl methyl sites for hydroxylation is 1. The average molecular weight is 400 g/mol. The highest BCUT2D eigenvalue weighted by Crippen LogP contribution is 2.30. The largest absolute Gasteiger partial charge is 0.489 e. The van der Waals surface area contributed by atoms with E-state index >= 15 is 0 Å². The molecular weight excluding hydrogens is 376 g/mol. The summed E-state index contributed by atoms with van der Waals surface area (Å²) in [4.78, 5) is 12.9. The van der Waals surface area contributed by atoms with E-state index in [1.165, 1.54) is 11.8 Å². The van der Waals surface area contributed by atoms with Crippen LogP contribution in [-0.4, -0.2) is 0 Å². The van der Waals surface area contributed by atoms with Crippen molar-refractivity contribution < 1.29 is 13.9 Å². The first kappa shape index (κ1) is 19.8. The zero-order valence-electron chi connectivity index (χ0n) is 17.3. The lowest BCUT2D eigenvalue weighted by Gasteiger charge is -2.13. The van der Waals surface area contributed by atoms with Crippen molar-refractivity contribution in [2.24, 2.45) is 0 Å². The van der Waals surface area contributed by atoms with Gasteiger partial charge in [0.1, 0.15) is 30.0 Å². The third-order valence-corrected chi connectivity index (χ3v) is 4.96. The van der Waals surface area contributed by atoms with Gasteiger partial charge in [-0.05, 0) is 42.2 Å². The molecule has 0 radical (unpaired) electrons.